The van der Waals surface area contributed by atoms with Crippen molar-refractivity contribution in [3.05, 3.63) is 29.6 Å². The molecule has 1 aromatic rings. The number of aliphatic hydroxyl groups excluding tert-OH is 1. The van der Waals surface area contributed by atoms with Gasteiger partial charge in [0, 0.05) is 25.4 Å². The summed E-state index contributed by atoms with van der Waals surface area (Å²) < 4.78 is 0. The molecule has 0 aromatic carbocycles. The number of hydrogen-bond donors (Lipinski definition) is 2. The Morgan fingerprint density at radius 3 is 2.74 bits per heavy atom. The molecule has 1 aliphatic carbocycles. The summed E-state index contributed by atoms with van der Waals surface area (Å²) in [6, 6.07) is 2.78. The van der Waals surface area contributed by atoms with Gasteiger partial charge in [0.15, 0.2) is 0 Å². The molecule has 6 heteroatoms. The predicted molar refractivity (Wildman–Crippen MR) is 66.9 cm³/mol. The van der Waals surface area contributed by atoms with Crippen LogP contribution in [-0.2, 0) is 0 Å². The number of hydrogen-bond acceptors (Lipinski definition) is 4. The summed E-state index contributed by atoms with van der Waals surface area (Å²) in [5, 5.41) is 18.0. The molecule has 0 radical (unpaired) electrons. The summed E-state index contributed by atoms with van der Waals surface area (Å²) >= 11 is 0. The van der Waals surface area contributed by atoms with Crippen LogP contribution in [-0.4, -0.2) is 51.7 Å². The fourth-order valence-electron chi connectivity index (χ4n) is 2.22. The lowest BCUT2D eigenvalue weighted by Gasteiger charge is -2.34. The van der Waals surface area contributed by atoms with E-state index in [1.165, 1.54) is 18.3 Å². The van der Waals surface area contributed by atoms with E-state index in [1.807, 2.05) is 0 Å². The van der Waals surface area contributed by atoms with Gasteiger partial charge in [0.05, 0.1) is 6.10 Å². The number of amides is 1. The second-order valence-corrected chi connectivity index (χ2v) is 4.91. The standard InChI is InChI=1S/C13H16N2O4/c1-15(7-8-4-10(16)5-8)12(17)9-2-3-14-11(6-9)13(18)19/h2-3,6,8,10,16H,4-5,7H2,1H3,(H,18,19). The van der Waals surface area contributed by atoms with Gasteiger partial charge in [0.1, 0.15) is 5.69 Å². The zero-order valence-corrected chi connectivity index (χ0v) is 10.6. The van der Waals surface area contributed by atoms with Crippen molar-refractivity contribution in [3.8, 4) is 0 Å². The van der Waals surface area contributed by atoms with Crippen molar-refractivity contribution < 1.29 is 19.8 Å². The lowest BCUT2D eigenvalue weighted by atomic mass is 9.82. The molecule has 1 heterocycles. The molecule has 1 aromatic heterocycles. The number of carboxylic acids is 1. The summed E-state index contributed by atoms with van der Waals surface area (Å²) in [5.74, 6) is -1.06. The van der Waals surface area contributed by atoms with Crippen molar-refractivity contribution >= 4 is 11.9 Å². The quantitative estimate of drug-likeness (QED) is 0.832. The van der Waals surface area contributed by atoms with Crippen molar-refractivity contribution in [2.24, 2.45) is 5.92 Å². The zero-order valence-electron chi connectivity index (χ0n) is 10.6. The molecule has 2 N–H and O–H groups in total. The van der Waals surface area contributed by atoms with Crippen LogP contribution in [0.4, 0.5) is 0 Å². The Morgan fingerprint density at radius 2 is 2.16 bits per heavy atom. The number of aromatic carboxylic acids is 1. The van der Waals surface area contributed by atoms with E-state index < -0.39 is 5.97 Å². The highest BCUT2D eigenvalue weighted by atomic mass is 16.4. The summed E-state index contributed by atoms with van der Waals surface area (Å²) in [4.78, 5) is 28.1. The van der Waals surface area contributed by atoms with Gasteiger partial charge < -0.3 is 15.1 Å². The molecule has 0 aliphatic heterocycles. The third-order valence-electron chi connectivity index (χ3n) is 3.32. The summed E-state index contributed by atoms with van der Waals surface area (Å²) in [7, 11) is 1.67. The van der Waals surface area contributed by atoms with Gasteiger partial charge >= 0.3 is 5.97 Å². The molecule has 0 spiro atoms. The molecule has 0 saturated heterocycles. The summed E-state index contributed by atoms with van der Waals surface area (Å²) in [5.41, 5.74) is 0.174. The van der Waals surface area contributed by atoms with E-state index in [1.54, 1.807) is 11.9 Å². The number of carboxylic acid groups (broad SMARTS) is 1. The van der Waals surface area contributed by atoms with Crippen molar-refractivity contribution in [3.63, 3.8) is 0 Å². The van der Waals surface area contributed by atoms with Gasteiger partial charge in [-0.2, -0.15) is 0 Å². The third kappa shape index (κ3) is 3.08. The second-order valence-electron chi connectivity index (χ2n) is 4.91. The molecule has 102 valence electrons. The maximum Gasteiger partial charge on any atom is 0.354 e. The van der Waals surface area contributed by atoms with Crippen molar-refractivity contribution in [1.29, 1.82) is 0 Å². The van der Waals surface area contributed by atoms with E-state index in [0.717, 1.165) is 0 Å². The van der Waals surface area contributed by atoms with Gasteiger partial charge in [-0.25, -0.2) is 9.78 Å². The van der Waals surface area contributed by atoms with Gasteiger partial charge in [0.2, 0.25) is 0 Å². The van der Waals surface area contributed by atoms with Gasteiger partial charge in [-0.05, 0) is 30.9 Å². The third-order valence-corrected chi connectivity index (χ3v) is 3.32. The minimum absolute atomic E-state index is 0.140. The number of carbonyl (C=O) groups excluding carboxylic acids is 1. The van der Waals surface area contributed by atoms with Crippen LogP contribution in [0, 0.1) is 5.92 Å². The van der Waals surface area contributed by atoms with Crippen molar-refractivity contribution in [2.45, 2.75) is 18.9 Å². The van der Waals surface area contributed by atoms with E-state index >= 15 is 0 Å². The van der Waals surface area contributed by atoms with E-state index in [2.05, 4.69) is 4.98 Å². The van der Waals surface area contributed by atoms with Crippen LogP contribution in [0.1, 0.15) is 33.7 Å². The number of aliphatic hydroxyl groups is 1. The number of aromatic nitrogens is 1. The number of pyridine rings is 1. The molecular formula is C13H16N2O4. The topological polar surface area (TPSA) is 90.7 Å². The van der Waals surface area contributed by atoms with Gasteiger partial charge in [-0.1, -0.05) is 0 Å². The molecular weight excluding hydrogens is 248 g/mol. The Morgan fingerprint density at radius 1 is 1.47 bits per heavy atom. The van der Waals surface area contributed by atoms with E-state index in [9.17, 15) is 14.7 Å². The molecule has 1 aliphatic rings. The minimum Gasteiger partial charge on any atom is -0.477 e. The number of carbonyl (C=O) groups is 2. The molecule has 1 amide bonds. The monoisotopic (exact) mass is 264 g/mol. The predicted octanol–water partition coefficient (Wildman–Crippen LogP) is 0.623. The molecule has 0 atom stereocenters. The lowest BCUT2D eigenvalue weighted by Crippen LogP contribution is -2.39. The van der Waals surface area contributed by atoms with Crippen LogP contribution in [0.3, 0.4) is 0 Å². The van der Waals surface area contributed by atoms with Crippen molar-refractivity contribution in [1.82, 2.24) is 9.88 Å². The molecule has 19 heavy (non-hydrogen) atoms. The maximum atomic E-state index is 12.1. The Hall–Kier alpha value is -1.95. The van der Waals surface area contributed by atoms with Gasteiger partial charge in [-0.15, -0.1) is 0 Å². The molecule has 0 bridgehead atoms. The summed E-state index contributed by atoms with van der Waals surface area (Å²) in [6.07, 6.45) is 2.51. The Kier molecular flexibility index (Phi) is 3.80. The van der Waals surface area contributed by atoms with E-state index in [-0.39, 0.29) is 17.7 Å². The zero-order chi connectivity index (χ0) is 14.0. The smallest absolute Gasteiger partial charge is 0.354 e. The first-order valence-corrected chi connectivity index (χ1v) is 6.10. The van der Waals surface area contributed by atoms with Crippen molar-refractivity contribution in [2.75, 3.05) is 13.6 Å². The number of rotatable bonds is 4. The van der Waals surface area contributed by atoms with Crippen LogP contribution in [0.25, 0.3) is 0 Å². The van der Waals surface area contributed by atoms with Crippen LogP contribution in [0.2, 0.25) is 0 Å². The molecule has 0 unspecified atom stereocenters. The Balaban J connectivity index is 2.02. The highest BCUT2D eigenvalue weighted by molar-refractivity contribution is 5.96. The first-order valence-electron chi connectivity index (χ1n) is 6.10. The second kappa shape index (κ2) is 5.36. The summed E-state index contributed by atoms with van der Waals surface area (Å²) in [6.45, 7) is 0.570. The van der Waals surface area contributed by atoms with Crippen LogP contribution >= 0.6 is 0 Å². The van der Waals surface area contributed by atoms with Gasteiger partial charge in [0.25, 0.3) is 5.91 Å². The average Bonchev–Trinajstić information content (AvgIpc) is 2.36. The molecule has 1 saturated carbocycles. The maximum absolute atomic E-state index is 12.1. The van der Waals surface area contributed by atoms with E-state index in [4.69, 9.17) is 5.11 Å². The lowest BCUT2D eigenvalue weighted by molar-refractivity contribution is 0.0265. The van der Waals surface area contributed by atoms with Crippen LogP contribution < -0.4 is 0 Å². The Bertz CT molecular complexity index is 497. The molecule has 6 nitrogen and oxygen atoms in total. The fourth-order valence-corrected chi connectivity index (χ4v) is 2.22. The highest BCUT2D eigenvalue weighted by Crippen LogP contribution is 2.27. The van der Waals surface area contributed by atoms with E-state index in [0.29, 0.717) is 30.9 Å². The SMILES string of the molecule is CN(CC1CC(O)C1)C(=O)c1ccnc(C(=O)O)c1. The Labute approximate surface area is 110 Å². The molecule has 1 fully saturated rings. The fraction of sp³-hybridized carbons (Fsp3) is 0.462. The normalized spacial score (nSPS) is 21.6. The number of nitrogens with zero attached hydrogens (tertiary/aromatic N) is 2. The van der Waals surface area contributed by atoms with Gasteiger partial charge in [-0.3, -0.25) is 4.79 Å². The average molecular weight is 264 g/mol. The molecule has 2 rings (SSSR count). The van der Waals surface area contributed by atoms with Crippen LogP contribution in [0.15, 0.2) is 18.3 Å². The first-order chi connectivity index (χ1) is 8.97. The largest absolute Gasteiger partial charge is 0.477 e. The first kappa shape index (κ1) is 13.5. The minimum atomic E-state index is -1.15. The highest BCUT2D eigenvalue weighted by Gasteiger charge is 2.29. The van der Waals surface area contributed by atoms with Crippen LogP contribution in [0.5, 0.6) is 0 Å².